The Hall–Kier alpha value is -5.22. The van der Waals surface area contributed by atoms with Gasteiger partial charge in [-0.1, -0.05) is 173 Å². The van der Waals surface area contributed by atoms with Gasteiger partial charge in [0.25, 0.3) is 0 Å². The number of anilines is 3. The molecule has 3 heteroatoms. The van der Waals surface area contributed by atoms with Crippen molar-refractivity contribution >= 4 is 61.8 Å². The first-order valence-corrected chi connectivity index (χ1v) is 23.1. The molecule has 1 nitrogen and oxygen atoms in total. The number of nitrogens with zero attached hydrogens (tertiary/aromatic N) is 1. The van der Waals surface area contributed by atoms with E-state index in [2.05, 4.69) is 209 Å². The number of benzene rings is 7. The van der Waals surface area contributed by atoms with Gasteiger partial charge in [-0.3, -0.25) is 0 Å². The SMILES string of the molecule is CC(C)(C)c1ccc(N(c2ccc([Si](C)(C)C)cc2)c2cc3c(c4c2sc2ccccc24)-c2ccccc2C3(c2ccccc2)c2ccccc2)cc1. The highest BCUT2D eigenvalue weighted by molar-refractivity contribution is 7.26. The number of hydrogen-bond acceptors (Lipinski definition) is 2. The predicted molar refractivity (Wildman–Crippen MR) is 233 cm³/mol. The third-order valence-electron chi connectivity index (χ3n) is 11.3. The average molecular weight is 720 g/mol. The van der Waals surface area contributed by atoms with E-state index in [1.807, 2.05) is 11.3 Å². The second-order valence-corrected chi connectivity index (χ2v) is 22.7. The Morgan fingerprint density at radius 2 is 1.11 bits per heavy atom. The summed E-state index contributed by atoms with van der Waals surface area (Å²) in [4.78, 5) is 2.53. The van der Waals surface area contributed by atoms with E-state index in [0.29, 0.717) is 0 Å². The Morgan fingerprint density at radius 3 is 1.72 bits per heavy atom. The zero-order valence-corrected chi connectivity index (χ0v) is 33.3. The first-order chi connectivity index (χ1) is 25.6. The van der Waals surface area contributed by atoms with E-state index in [4.69, 9.17) is 0 Å². The maximum Gasteiger partial charge on any atom is 0.0775 e. The molecule has 0 amide bonds. The average Bonchev–Trinajstić information content (AvgIpc) is 3.70. The van der Waals surface area contributed by atoms with Crippen molar-refractivity contribution in [3.8, 4) is 11.1 Å². The maximum atomic E-state index is 2.55. The van der Waals surface area contributed by atoms with Crippen molar-refractivity contribution in [3.05, 3.63) is 192 Å². The zero-order chi connectivity index (χ0) is 36.5. The summed E-state index contributed by atoms with van der Waals surface area (Å²) in [6.07, 6.45) is 0. The Balaban J connectivity index is 1.44. The van der Waals surface area contributed by atoms with Crippen LogP contribution in [0.1, 0.15) is 48.6 Å². The zero-order valence-electron chi connectivity index (χ0n) is 31.4. The number of rotatable bonds is 6. The molecular weight excluding hydrogens is 675 g/mol. The van der Waals surface area contributed by atoms with Gasteiger partial charge in [0.15, 0.2) is 0 Å². The van der Waals surface area contributed by atoms with Crippen LogP contribution in [0.4, 0.5) is 17.1 Å². The quantitative estimate of drug-likeness (QED) is 0.155. The van der Waals surface area contributed by atoms with Crippen LogP contribution >= 0.6 is 11.3 Å². The topological polar surface area (TPSA) is 3.24 Å². The first-order valence-electron chi connectivity index (χ1n) is 18.8. The lowest BCUT2D eigenvalue weighted by Crippen LogP contribution is -2.37. The van der Waals surface area contributed by atoms with Gasteiger partial charge >= 0.3 is 0 Å². The standard InChI is InChI=1S/C50H45NSSi/c1-49(2,3)34-25-27-37(28-26-34)51(38-29-31-39(32-30-38)53(4,5)6)44-33-43-46(47-41-22-14-16-24-45(41)52-48(44)47)40-21-13-15-23-42(40)50(43,35-17-9-7-10-18-35)36-19-11-8-12-20-36/h7-33H,1-6H3. The molecule has 260 valence electrons. The predicted octanol–water partition coefficient (Wildman–Crippen LogP) is 13.7. The van der Waals surface area contributed by atoms with Gasteiger partial charge in [0.05, 0.1) is 23.9 Å². The molecule has 53 heavy (non-hydrogen) atoms. The van der Waals surface area contributed by atoms with Crippen LogP contribution < -0.4 is 10.1 Å². The van der Waals surface area contributed by atoms with Crippen LogP contribution in [0.25, 0.3) is 31.3 Å². The minimum Gasteiger partial charge on any atom is -0.309 e. The smallest absolute Gasteiger partial charge is 0.0775 e. The van der Waals surface area contributed by atoms with Gasteiger partial charge < -0.3 is 4.90 Å². The van der Waals surface area contributed by atoms with Crippen molar-refractivity contribution in [1.29, 1.82) is 0 Å². The third kappa shape index (κ3) is 5.32. The van der Waals surface area contributed by atoms with Crippen LogP contribution in [0, 0.1) is 0 Å². The van der Waals surface area contributed by atoms with Crippen LogP contribution in [0.3, 0.4) is 0 Å². The molecule has 1 aromatic heterocycles. The van der Waals surface area contributed by atoms with Crippen LogP contribution in [0.2, 0.25) is 19.6 Å². The van der Waals surface area contributed by atoms with E-state index in [1.165, 1.54) is 75.7 Å². The van der Waals surface area contributed by atoms with Gasteiger partial charge in [-0.25, -0.2) is 0 Å². The fourth-order valence-corrected chi connectivity index (χ4v) is 11.0. The number of fused-ring (bicyclic) bond motifs is 7. The van der Waals surface area contributed by atoms with Crippen molar-refractivity contribution in [2.24, 2.45) is 0 Å². The summed E-state index contributed by atoms with van der Waals surface area (Å²) in [6.45, 7) is 14.2. The number of thiophene rings is 1. The molecule has 1 aliphatic rings. The molecule has 1 heterocycles. The van der Waals surface area contributed by atoms with Gasteiger partial charge in [0.2, 0.25) is 0 Å². The molecule has 0 bridgehead atoms. The molecule has 9 rings (SSSR count). The maximum absolute atomic E-state index is 2.55. The second kappa shape index (κ2) is 12.4. The minimum atomic E-state index is -1.50. The molecule has 0 saturated carbocycles. The Kier molecular flexibility index (Phi) is 7.89. The number of hydrogen-bond donors (Lipinski definition) is 0. The van der Waals surface area contributed by atoms with E-state index in [-0.39, 0.29) is 5.41 Å². The van der Waals surface area contributed by atoms with Crippen LogP contribution in [-0.2, 0) is 10.8 Å². The molecule has 7 aromatic carbocycles. The highest BCUT2D eigenvalue weighted by Gasteiger charge is 2.47. The van der Waals surface area contributed by atoms with Gasteiger partial charge in [-0.05, 0) is 80.8 Å². The fourth-order valence-electron chi connectivity index (χ4n) is 8.61. The molecular formula is C50H45NSSi. The summed E-state index contributed by atoms with van der Waals surface area (Å²) in [7, 11) is -1.50. The summed E-state index contributed by atoms with van der Waals surface area (Å²) in [5.41, 5.74) is 12.3. The molecule has 0 N–H and O–H groups in total. The van der Waals surface area contributed by atoms with Crippen molar-refractivity contribution in [2.75, 3.05) is 4.90 Å². The van der Waals surface area contributed by atoms with Gasteiger partial charge in [-0.2, -0.15) is 0 Å². The Bertz CT molecular complexity index is 2510. The second-order valence-electron chi connectivity index (χ2n) is 16.6. The largest absolute Gasteiger partial charge is 0.309 e. The van der Waals surface area contributed by atoms with E-state index in [0.717, 1.165) is 5.69 Å². The van der Waals surface area contributed by atoms with Crippen molar-refractivity contribution in [2.45, 2.75) is 51.2 Å². The lowest BCUT2D eigenvalue weighted by atomic mass is 9.67. The van der Waals surface area contributed by atoms with Gasteiger partial charge in [0.1, 0.15) is 0 Å². The molecule has 0 atom stereocenters. The van der Waals surface area contributed by atoms with E-state index in [1.54, 1.807) is 0 Å². The van der Waals surface area contributed by atoms with Crippen LogP contribution in [0.15, 0.2) is 164 Å². The van der Waals surface area contributed by atoms with Crippen molar-refractivity contribution in [3.63, 3.8) is 0 Å². The molecule has 8 aromatic rings. The normalized spacial score (nSPS) is 13.6. The summed E-state index contributed by atoms with van der Waals surface area (Å²) in [5.74, 6) is 0. The molecule has 0 saturated heterocycles. The monoisotopic (exact) mass is 719 g/mol. The minimum absolute atomic E-state index is 0.0609. The summed E-state index contributed by atoms with van der Waals surface area (Å²) >= 11 is 1.92. The first kappa shape index (κ1) is 33.6. The molecule has 0 fully saturated rings. The summed E-state index contributed by atoms with van der Waals surface area (Å²) in [6, 6.07) is 61.9. The van der Waals surface area contributed by atoms with E-state index >= 15 is 0 Å². The van der Waals surface area contributed by atoms with Crippen LogP contribution in [-0.4, -0.2) is 8.07 Å². The molecule has 0 unspecified atom stereocenters. The van der Waals surface area contributed by atoms with Gasteiger partial charge in [-0.15, -0.1) is 11.3 Å². The third-order valence-corrected chi connectivity index (χ3v) is 14.5. The highest BCUT2D eigenvalue weighted by Crippen LogP contribution is 2.61. The molecule has 0 spiro atoms. The van der Waals surface area contributed by atoms with Crippen molar-refractivity contribution < 1.29 is 0 Å². The van der Waals surface area contributed by atoms with Crippen LogP contribution in [0.5, 0.6) is 0 Å². The van der Waals surface area contributed by atoms with E-state index in [9.17, 15) is 0 Å². The summed E-state index contributed by atoms with van der Waals surface area (Å²) in [5, 5.41) is 4.12. The molecule has 0 radical (unpaired) electrons. The Labute approximate surface area is 319 Å². The van der Waals surface area contributed by atoms with Crippen molar-refractivity contribution in [1.82, 2.24) is 0 Å². The molecule has 0 aliphatic heterocycles. The molecule has 1 aliphatic carbocycles. The summed E-state index contributed by atoms with van der Waals surface area (Å²) < 4.78 is 2.62. The van der Waals surface area contributed by atoms with E-state index < -0.39 is 13.5 Å². The van der Waals surface area contributed by atoms with Gasteiger partial charge in [0, 0.05) is 26.8 Å². The highest BCUT2D eigenvalue weighted by atomic mass is 32.1. The lowest BCUT2D eigenvalue weighted by Gasteiger charge is -2.35. The Morgan fingerprint density at radius 1 is 0.566 bits per heavy atom. The fraction of sp³-hybridized carbons (Fsp3) is 0.160. The lowest BCUT2D eigenvalue weighted by molar-refractivity contribution is 0.590.